The van der Waals surface area contributed by atoms with Gasteiger partial charge in [0.2, 0.25) is 0 Å². The number of hydrogen-bond donors (Lipinski definition) is 0. The summed E-state index contributed by atoms with van der Waals surface area (Å²) < 4.78 is 36.4. The summed E-state index contributed by atoms with van der Waals surface area (Å²) in [4.78, 5) is 0. The van der Waals surface area contributed by atoms with Crippen LogP contribution in [0, 0.1) is 5.92 Å². The van der Waals surface area contributed by atoms with E-state index in [0.29, 0.717) is 0 Å². The van der Waals surface area contributed by atoms with Crippen molar-refractivity contribution in [1.82, 2.24) is 0 Å². The van der Waals surface area contributed by atoms with Crippen LogP contribution in [-0.4, -0.2) is 6.18 Å². The zero-order chi connectivity index (χ0) is 9.90. The molecule has 0 saturated carbocycles. The van der Waals surface area contributed by atoms with Crippen LogP contribution in [0.5, 0.6) is 0 Å². The van der Waals surface area contributed by atoms with Crippen molar-refractivity contribution >= 4 is 0 Å². The third kappa shape index (κ3) is 2.90. The Morgan fingerprint density at radius 1 is 1.38 bits per heavy atom. The SMILES string of the molecule is CCCCC1C=CC(C(F)(F)F)=C1. The summed E-state index contributed by atoms with van der Waals surface area (Å²) in [6.07, 6.45) is 2.80. The van der Waals surface area contributed by atoms with Crippen LogP contribution >= 0.6 is 0 Å². The lowest BCUT2D eigenvalue weighted by Gasteiger charge is -2.05. The Bertz CT molecular complexity index is 223. The van der Waals surface area contributed by atoms with Crippen LogP contribution in [0.2, 0.25) is 0 Å². The summed E-state index contributed by atoms with van der Waals surface area (Å²) in [6, 6.07) is 0. The lowest BCUT2D eigenvalue weighted by atomic mass is 10.0. The predicted molar refractivity (Wildman–Crippen MR) is 46.3 cm³/mol. The number of rotatable bonds is 3. The maximum absolute atomic E-state index is 12.1. The molecule has 3 heteroatoms. The lowest BCUT2D eigenvalue weighted by molar-refractivity contribution is -0.0881. The minimum absolute atomic E-state index is 0.00317. The minimum Gasteiger partial charge on any atom is -0.166 e. The average molecular weight is 190 g/mol. The van der Waals surface area contributed by atoms with Gasteiger partial charge in [-0.1, -0.05) is 38.0 Å². The van der Waals surface area contributed by atoms with Crippen LogP contribution < -0.4 is 0 Å². The van der Waals surface area contributed by atoms with Gasteiger partial charge in [0.05, 0.1) is 5.57 Å². The van der Waals surface area contributed by atoms with Gasteiger partial charge in [-0.25, -0.2) is 0 Å². The van der Waals surface area contributed by atoms with Crippen molar-refractivity contribution in [3.8, 4) is 0 Å². The van der Waals surface area contributed by atoms with Crippen LogP contribution in [0.25, 0.3) is 0 Å². The van der Waals surface area contributed by atoms with Gasteiger partial charge in [0.1, 0.15) is 0 Å². The number of allylic oxidation sites excluding steroid dienone is 4. The number of halogens is 3. The molecule has 1 atom stereocenters. The normalized spacial score (nSPS) is 22.2. The quantitative estimate of drug-likeness (QED) is 0.634. The van der Waals surface area contributed by atoms with Crippen LogP contribution in [0.3, 0.4) is 0 Å². The number of hydrogen-bond acceptors (Lipinski definition) is 0. The van der Waals surface area contributed by atoms with E-state index in [1.54, 1.807) is 6.08 Å². The molecule has 1 unspecified atom stereocenters. The van der Waals surface area contributed by atoms with E-state index in [1.165, 1.54) is 12.2 Å². The molecule has 0 amide bonds. The van der Waals surface area contributed by atoms with Gasteiger partial charge in [-0.15, -0.1) is 0 Å². The van der Waals surface area contributed by atoms with Crippen LogP contribution in [-0.2, 0) is 0 Å². The van der Waals surface area contributed by atoms with Crippen molar-refractivity contribution in [3.63, 3.8) is 0 Å². The summed E-state index contributed by atoms with van der Waals surface area (Å²) in [5, 5.41) is 0. The Morgan fingerprint density at radius 2 is 2.08 bits per heavy atom. The van der Waals surface area contributed by atoms with Crippen molar-refractivity contribution in [2.45, 2.75) is 32.4 Å². The predicted octanol–water partition coefficient (Wildman–Crippen LogP) is 3.85. The summed E-state index contributed by atoms with van der Waals surface area (Å²) in [7, 11) is 0. The molecule has 1 aliphatic rings. The van der Waals surface area contributed by atoms with Gasteiger partial charge < -0.3 is 0 Å². The second-order valence-electron chi connectivity index (χ2n) is 3.28. The van der Waals surface area contributed by atoms with Crippen molar-refractivity contribution in [3.05, 3.63) is 23.8 Å². The van der Waals surface area contributed by atoms with E-state index < -0.39 is 11.7 Å². The Labute approximate surface area is 76.1 Å². The first-order valence-corrected chi connectivity index (χ1v) is 4.51. The van der Waals surface area contributed by atoms with Crippen molar-refractivity contribution in [2.24, 2.45) is 5.92 Å². The van der Waals surface area contributed by atoms with Gasteiger partial charge in [-0.05, 0) is 12.3 Å². The molecule has 0 radical (unpaired) electrons. The highest BCUT2D eigenvalue weighted by atomic mass is 19.4. The van der Waals surface area contributed by atoms with E-state index in [4.69, 9.17) is 0 Å². The summed E-state index contributed by atoms with van der Waals surface area (Å²) in [5.74, 6) is -0.00317. The molecule has 0 aliphatic heterocycles. The largest absolute Gasteiger partial charge is 0.416 e. The fourth-order valence-electron chi connectivity index (χ4n) is 1.38. The first-order chi connectivity index (χ1) is 6.04. The molecule has 0 nitrogen and oxygen atoms in total. The molecule has 13 heavy (non-hydrogen) atoms. The highest BCUT2D eigenvalue weighted by Crippen LogP contribution is 2.33. The summed E-state index contributed by atoms with van der Waals surface area (Å²) >= 11 is 0. The van der Waals surface area contributed by atoms with E-state index in [-0.39, 0.29) is 5.92 Å². The molecule has 0 fully saturated rings. The first kappa shape index (κ1) is 10.4. The zero-order valence-corrected chi connectivity index (χ0v) is 7.56. The lowest BCUT2D eigenvalue weighted by Crippen LogP contribution is -2.08. The maximum Gasteiger partial charge on any atom is 0.416 e. The Hall–Kier alpha value is -0.730. The van der Waals surface area contributed by atoms with Gasteiger partial charge in [-0.3, -0.25) is 0 Å². The van der Waals surface area contributed by atoms with E-state index in [0.717, 1.165) is 19.3 Å². The number of alkyl halides is 3. The Morgan fingerprint density at radius 3 is 2.54 bits per heavy atom. The van der Waals surface area contributed by atoms with E-state index >= 15 is 0 Å². The summed E-state index contributed by atoms with van der Waals surface area (Å²) in [6.45, 7) is 2.03. The van der Waals surface area contributed by atoms with Crippen molar-refractivity contribution in [1.29, 1.82) is 0 Å². The number of unbranched alkanes of at least 4 members (excludes halogenated alkanes) is 1. The average Bonchev–Trinajstić information content (AvgIpc) is 2.47. The van der Waals surface area contributed by atoms with Gasteiger partial charge in [0, 0.05) is 0 Å². The third-order valence-electron chi connectivity index (χ3n) is 2.13. The molecular formula is C10H13F3. The molecule has 0 heterocycles. The fraction of sp³-hybridized carbons (Fsp3) is 0.600. The molecule has 0 aromatic heterocycles. The molecule has 0 N–H and O–H groups in total. The van der Waals surface area contributed by atoms with Crippen LogP contribution in [0.15, 0.2) is 23.8 Å². The van der Waals surface area contributed by atoms with Gasteiger partial charge >= 0.3 is 6.18 Å². The van der Waals surface area contributed by atoms with Gasteiger partial charge in [0.15, 0.2) is 0 Å². The van der Waals surface area contributed by atoms with Crippen molar-refractivity contribution in [2.75, 3.05) is 0 Å². The second-order valence-corrected chi connectivity index (χ2v) is 3.28. The smallest absolute Gasteiger partial charge is 0.166 e. The van der Waals surface area contributed by atoms with Gasteiger partial charge in [0.25, 0.3) is 0 Å². The Kier molecular flexibility index (Phi) is 3.17. The first-order valence-electron chi connectivity index (χ1n) is 4.51. The van der Waals surface area contributed by atoms with E-state index in [9.17, 15) is 13.2 Å². The molecule has 1 aliphatic carbocycles. The topological polar surface area (TPSA) is 0 Å². The maximum atomic E-state index is 12.1. The molecule has 0 aromatic rings. The molecule has 0 saturated heterocycles. The van der Waals surface area contributed by atoms with Crippen LogP contribution in [0.1, 0.15) is 26.2 Å². The Balaban J connectivity index is 2.50. The molecule has 0 aromatic carbocycles. The zero-order valence-electron chi connectivity index (χ0n) is 7.56. The summed E-state index contributed by atoms with van der Waals surface area (Å²) in [5.41, 5.74) is -0.492. The standard InChI is InChI=1S/C10H13F3/c1-2-3-4-8-5-6-9(7-8)10(11,12)13/h5-8H,2-4H2,1H3. The second kappa shape index (κ2) is 3.99. The molecule has 0 bridgehead atoms. The molecule has 1 rings (SSSR count). The van der Waals surface area contributed by atoms with E-state index in [2.05, 4.69) is 0 Å². The minimum atomic E-state index is -4.17. The molecular weight excluding hydrogens is 177 g/mol. The highest BCUT2D eigenvalue weighted by molar-refractivity contribution is 5.32. The highest BCUT2D eigenvalue weighted by Gasteiger charge is 2.33. The fourth-order valence-corrected chi connectivity index (χ4v) is 1.38. The van der Waals surface area contributed by atoms with Gasteiger partial charge in [-0.2, -0.15) is 13.2 Å². The van der Waals surface area contributed by atoms with Crippen molar-refractivity contribution < 1.29 is 13.2 Å². The van der Waals surface area contributed by atoms with Crippen LogP contribution in [0.4, 0.5) is 13.2 Å². The monoisotopic (exact) mass is 190 g/mol. The van der Waals surface area contributed by atoms with E-state index in [1.807, 2.05) is 6.92 Å². The third-order valence-corrected chi connectivity index (χ3v) is 2.13. The molecule has 74 valence electrons. The molecule has 0 spiro atoms.